The molecule has 0 amide bonds. The lowest BCUT2D eigenvalue weighted by molar-refractivity contribution is -0.121. The van der Waals surface area contributed by atoms with E-state index in [1.165, 1.54) is 12.8 Å². The summed E-state index contributed by atoms with van der Waals surface area (Å²) in [6, 6.07) is 0.175. The van der Waals surface area contributed by atoms with Crippen molar-refractivity contribution < 1.29 is 9.53 Å². The second-order valence-corrected chi connectivity index (χ2v) is 4.87. The Labute approximate surface area is 91.8 Å². The van der Waals surface area contributed by atoms with E-state index in [9.17, 15) is 4.79 Å². The van der Waals surface area contributed by atoms with Crippen molar-refractivity contribution >= 4 is 5.78 Å². The molecule has 0 spiro atoms. The number of ether oxygens (including phenoxy) is 1. The molecule has 1 atom stereocenters. The minimum Gasteiger partial charge on any atom is -0.380 e. The Morgan fingerprint density at radius 3 is 2.80 bits per heavy atom. The van der Waals surface area contributed by atoms with Crippen LogP contribution >= 0.6 is 0 Å². The van der Waals surface area contributed by atoms with E-state index in [2.05, 4.69) is 4.90 Å². The van der Waals surface area contributed by atoms with E-state index < -0.39 is 0 Å². The topological polar surface area (TPSA) is 29.5 Å². The highest BCUT2D eigenvalue weighted by molar-refractivity contribution is 5.85. The Hall–Kier alpha value is -0.410. The first kappa shape index (κ1) is 11.1. The molecule has 86 valence electrons. The summed E-state index contributed by atoms with van der Waals surface area (Å²) in [5.41, 5.74) is 0. The van der Waals surface area contributed by atoms with E-state index >= 15 is 0 Å². The van der Waals surface area contributed by atoms with Gasteiger partial charge in [0.15, 0.2) is 0 Å². The summed E-state index contributed by atoms with van der Waals surface area (Å²) in [7, 11) is 2.04. The number of hydrogen-bond acceptors (Lipinski definition) is 3. The predicted octanol–water partition coefficient (Wildman–Crippen LogP) is 1.47. The van der Waals surface area contributed by atoms with E-state index in [4.69, 9.17) is 4.74 Å². The minimum absolute atomic E-state index is 0.175. The van der Waals surface area contributed by atoms with Crippen molar-refractivity contribution in [3.8, 4) is 0 Å². The van der Waals surface area contributed by atoms with Crippen LogP contribution in [0.3, 0.4) is 0 Å². The van der Waals surface area contributed by atoms with Crippen molar-refractivity contribution in [3.05, 3.63) is 0 Å². The lowest BCUT2D eigenvalue weighted by Crippen LogP contribution is -2.37. The second-order valence-electron chi connectivity index (χ2n) is 4.87. The number of rotatable bonds is 6. The molecular weight excluding hydrogens is 190 g/mol. The third-order valence-corrected chi connectivity index (χ3v) is 3.44. The van der Waals surface area contributed by atoms with Gasteiger partial charge in [-0.3, -0.25) is 9.69 Å². The maximum atomic E-state index is 11.5. The SMILES string of the molecule is CN(CCOCC1CC1)C1CCCC1=O. The van der Waals surface area contributed by atoms with Crippen LogP contribution in [0.15, 0.2) is 0 Å². The molecule has 0 bridgehead atoms. The fourth-order valence-electron chi connectivity index (χ4n) is 2.16. The van der Waals surface area contributed by atoms with Crippen molar-refractivity contribution in [2.75, 3.05) is 26.8 Å². The van der Waals surface area contributed by atoms with Gasteiger partial charge in [0, 0.05) is 19.6 Å². The monoisotopic (exact) mass is 211 g/mol. The van der Waals surface area contributed by atoms with Gasteiger partial charge in [-0.05, 0) is 38.6 Å². The summed E-state index contributed by atoms with van der Waals surface area (Å²) in [5.74, 6) is 1.25. The van der Waals surface area contributed by atoms with Crippen LogP contribution in [0.2, 0.25) is 0 Å². The maximum absolute atomic E-state index is 11.5. The van der Waals surface area contributed by atoms with E-state index in [-0.39, 0.29) is 6.04 Å². The van der Waals surface area contributed by atoms with Crippen molar-refractivity contribution in [3.63, 3.8) is 0 Å². The number of Topliss-reactive ketones (excluding diaryl/α,β-unsaturated/α-hetero) is 1. The summed E-state index contributed by atoms with van der Waals surface area (Å²) in [6.07, 6.45) is 5.57. The molecule has 0 saturated heterocycles. The fraction of sp³-hybridized carbons (Fsp3) is 0.917. The average Bonchev–Trinajstić information content (AvgIpc) is 2.94. The first-order valence-electron chi connectivity index (χ1n) is 6.08. The largest absolute Gasteiger partial charge is 0.380 e. The van der Waals surface area contributed by atoms with Gasteiger partial charge >= 0.3 is 0 Å². The summed E-state index contributed by atoms with van der Waals surface area (Å²) in [5, 5.41) is 0. The number of ketones is 1. The Balaban J connectivity index is 1.58. The van der Waals surface area contributed by atoms with E-state index in [0.717, 1.165) is 44.9 Å². The zero-order valence-corrected chi connectivity index (χ0v) is 9.58. The second kappa shape index (κ2) is 5.08. The Kier molecular flexibility index (Phi) is 3.76. The molecule has 0 aromatic rings. The molecule has 0 N–H and O–H groups in total. The van der Waals surface area contributed by atoms with Gasteiger partial charge in [0.1, 0.15) is 5.78 Å². The highest BCUT2D eigenvalue weighted by atomic mass is 16.5. The van der Waals surface area contributed by atoms with Gasteiger partial charge in [-0.15, -0.1) is 0 Å². The van der Waals surface area contributed by atoms with Gasteiger partial charge < -0.3 is 4.74 Å². The number of likely N-dealkylation sites (N-methyl/N-ethyl adjacent to an activating group) is 1. The smallest absolute Gasteiger partial charge is 0.149 e. The lowest BCUT2D eigenvalue weighted by atomic mass is 10.2. The molecule has 2 aliphatic carbocycles. The molecule has 2 rings (SSSR count). The van der Waals surface area contributed by atoms with Crippen LogP contribution in [0.1, 0.15) is 32.1 Å². The number of carbonyl (C=O) groups excluding carboxylic acids is 1. The van der Waals surface area contributed by atoms with Gasteiger partial charge in [-0.1, -0.05) is 0 Å². The first-order chi connectivity index (χ1) is 7.27. The number of nitrogens with zero attached hydrogens (tertiary/aromatic N) is 1. The van der Waals surface area contributed by atoms with E-state index in [1.54, 1.807) is 0 Å². The maximum Gasteiger partial charge on any atom is 0.149 e. The molecule has 2 aliphatic rings. The molecular formula is C12H21NO2. The molecule has 2 saturated carbocycles. The van der Waals surface area contributed by atoms with Gasteiger partial charge in [0.05, 0.1) is 12.6 Å². The van der Waals surface area contributed by atoms with Gasteiger partial charge in [-0.2, -0.15) is 0 Å². The number of hydrogen-bond donors (Lipinski definition) is 0. The van der Waals surface area contributed by atoms with Crippen LogP contribution in [0.25, 0.3) is 0 Å². The molecule has 0 aliphatic heterocycles. The zero-order chi connectivity index (χ0) is 10.7. The van der Waals surface area contributed by atoms with Crippen LogP contribution < -0.4 is 0 Å². The molecule has 3 heteroatoms. The van der Waals surface area contributed by atoms with E-state index in [1.807, 2.05) is 7.05 Å². The quantitative estimate of drug-likeness (QED) is 0.623. The molecule has 3 nitrogen and oxygen atoms in total. The van der Waals surface area contributed by atoms with E-state index in [0.29, 0.717) is 5.78 Å². The molecule has 15 heavy (non-hydrogen) atoms. The van der Waals surface area contributed by atoms with Gasteiger partial charge in [-0.25, -0.2) is 0 Å². The average molecular weight is 211 g/mol. The Morgan fingerprint density at radius 2 is 2.20 bits per heavy atom. The van der Waals surface area contributed by atoms with Crippen molar-refractivity contribution in [2.45, 2.75) is 38.1 Å². The molecule has 0 aromatic carbocycles. The molecule has 0 radical (unpaired) electrons. The standard InChI is InChI=1S/C12H21NO2/c1-13(11-3-2-4-12(11)14)7-8-15-9-10-5-6-10/h10-11H,2-9H2,1H3. The van der Waals surface area contributed by atoms with Crippen LogP contribution in [-0.4, -0.2) is 43.5 Å². The Morgan fingerprint density at radius 1 is 1.40 bits per heavy atom. The third kappa shape index (κ3) is 3.28. The van der Waals surface area contributed by atoms with Crippen LogP contribution in [0, 0.1) is 5.92 Å². The van der Waals surface area contributed by atoms with Crippen LogP contribution in [0.4, 0.5) is 0 Å². The minimum atomic E-state index is 0.175. The molecule has 2 fully saturated rings. The van der Waals surface area contributed by atoms with Crippen molar-refractivity contribution in [1.82, 2.24) is 4.90 Å². The lowest BCUT2D eigenvalue weighted by Gasteiger charge is -2.22. The van der Waals surface area contributed by atoms with Crippen LogP contribution in [-0.2, 0) is 9.53 Å². The predicted molar refractivity (Wildman–Crippen MR) is 58.8 cm³/mol. The van der Waals surface area contributed by atoms with Crippen molar-refractivity contribution in [2.24, 2.45) is 5.92 Å². The molecule has 0 heterocycles. The normalized spacial score (nSPS) is 26.5. The zero-order valence-electron chi connectivity index (χ0n) is 9.58. The van der Waals surface area contributed by atoms with Crippen molar-refractivity contribution in [1.29, 1.82) is 0 Å². The summed E-state index contributed by atoms with van der Waals surface area (Å²) >= 11 is 0. The summed E-state index contributed by atoms with van der Waals surface area (Å²) < 4.78 is 5.57. The molecule has 0 aromatic heterocycles. The Bertz CT molecular complexity index is 226. The third-order valence-electron chi connectivity index (χ3n) is 3.44. The van der Waals surface area contributed by atoms with Crippen LogP contribution in [0.5, 0.6) is 0 Å². The highest BCUT2D eigenvalue weighted by Crippen LogP contribution is 2.28. The summed E-state index contributed by atoms with van der Waals surface area (Å²) in [6.45, 7) is 2.59. The first-order valence-corrected chi connectivity index (χ1v) is 6.08. The summed E-state index contributed by atoms with van der Waals surface area (Å²) in [4.78, 5) is 13.6. The number of carbonyl (C=O) groups is 1. The highest BCUT2D eigenvalue weighted by Gasteiger charge is 2.27. The van der Waals surface area contributed by atoms with Gasteiger partial charge in [0.25, 0.3) is 0 Å². The fourth-order valence-corrected chi connectivity index (χ4v) is 2.16. The molecule has 1 unspecified atom stereocenters. The van der Waals surface area contributed by atoms with Gasteiger partial charge in [0.2, 0.25) is 0 Å².